The zero-order chi connectivity index (χ0) is 21.1. The van der Waals surface area contributed by atoms with Gasteiger partial charge >= 0.3 is 0 Å². The Balaban J connectivity index is 1.37. The lowest BCUT2D eigenvalue weighted by atomic mass is 10.0. The van der Waals surface area contributed by atoms with Crippen LogP contribution in [0.3, 0.4) is 0 Å². The standard InChI is InChI=1S/C21H26N4O5/c26-18-5-4-17(20(28)24-18)25-12-15-14(21(25)29)2-1-3-16(15)23-19(27)8-11-30-13-6-9-22-10-7-13/h1-3,13,17,22H,4-12H2,(H,23,27)(H,24,26,28). The second-order valence-electron chi connectivity index (χ2n) is 7.85. The normalized spacial score (nSPS) is 22.1. The van der Waals surface area contributed by atoms with Gasteiger partial charge in [0, 0.05) is 29.8 Å². The molecule has 2 fully saturated rings. The van der Waals surface area contributed by atoms with Crippen LogP contribution in [-0.2, 0) is 25.7 Å². The van der Waals surface area contributed by atoms with E-state index in [1.54, 1.807) is 18.2 Å². The number of nitrogens with one attached hydrogen (secondary N) is 3. The summed E-state index contributed by atoms with van der Waals surface area (Å²) >= 11 is 0. The van der Waals surface area contributed by atoms with E-state index >= 15 is 0 Å². The molecule has 4 rings (SSSR count). The average Bonchev–Trinajstić information content (AvgIpc) is 3.06. The summed E-state index contributed by atoms with van der Waals surface area (Å²) in [6.45, 7) is 2.45. The molecule has 160 valence electrons. The van der Waals surface area contributed by atoms with Crippen LogP contribution >= 0.6 is 0 Å². The number of anilines is 1. The van der Waals surface area contributed by atoms with E-state index in [1.807, 2.05) is 0 Å². The number of piperidine rings is 2. The number of amides is 4. The topological polar surface area (TPSA) is 117 Å². The molecule has 9 nitrogen and oxygen atoms in total. The number of fused-ring (bicyclic) bond motifs is 1. The molecule has 4 amide bonds. The summed E-state index contributed by atoms with van der Waals surface area (Å²) in [6.07, 6.45) is 2.84. The Morgan fingerprint density at radius 3 is 2.73 bits per heavy atom. The van der Waals surface area contributed by atoms with Crippen LogP contribution in [0.5, 0.6) is 0 Å². The molecule has 3 aliphatic heterocycles. The molecule has 0 bridgehead atoms. The molecule has 9 heteroatoms. The Kier molecular flexibility index (Phi) is 6.10. The first-order valence-electron chi connectivity index (χ1n) is 10.4. The van der Waals surface area contributed by atoms with Crippen molar-refractivity contribution in [1.82, 2.24) is 15.5 Å². The van der Waals surface area contributed by atoms with Crippen molar-refractivity contribution in [1.29, 1.82) is 0 Å². The molecule has 0 aromatic heterocycles. The molecule has 1 unspecified atom stereocenters. The van der Waals surface area contributed by atoms with Gasteiger partial charge in [-0.25, -0.2) is 0 Å². The van der Waals surface area contributed by atoms with Gasteiger partial charge in [0.1, 0.15) is 6.04 Å². The molecular weight excluding hydrogens is 388 g/mol. The van der Waals surface area contributed by atoms with Gasteiger partial charge in [-0.1, -0.05) is 6.07 Å². The lowest BCUT2D eigenvalue weighted by Crippen LogP contribution is -2.52. The van der Waals surface area contributed by atoms with Crippen molar-refractivity contribution in [3.05, 3.63) is 29.3 Å². The van der Waals surface area contributed by atoms with E-state index < -0.39 is 11.9 Å². The first-order valence-corrected chi connectivity index (χ1v) is 10.4. The summed E-state index contributed by atoms with van der Waals surface area (Å²) in [6, 6.07) is 4.49. The number of ether oxygens (including phenoxy) is 1. The van der Waals surface area contributed by atoms with Crippen molar-refractivity contribution in [2.75, 3.05) is 25.0 Å². The first kappa shape index (κ1) is 20.5. The Morgan fingerprint density at radius 1 is 1.17 bits per heavy atom. The van der Waals surface area contributed by atoms with E-state index in [-0.39, 0.29) is 43.2 Å². The molecule has 3 heterocycles. The lowest BCUT2D eigenvalue weighted by Gasteiger charge is -2.29. The minimum Gasteiger partial charge on any atom is -0.378 e. The summed E-state index contributed by atoms with van der Waals surface area (Å²) in [5, 5.41) is 8.44. The van der Waals surface area contributed by atoms with Crippen LogP contribution in [0, 0.1) is 0 Å². The predicted molar refractivity (Wildman–Crippen MR) is 108 cm³/mol. The fraction of sp³-hybridized carbons (Fsp3) is 0.524. The highest BCUT2D eigenvalue weighted by Gasteiger charge is 2.39. The second-order valence-corrected chi connectivity index (χ2v) is 7.85. The smallest absolute Gasteiger partial charge is 0.255 e. The Hall–Kier alpha value is -2.78. The molecule has 30 heavy (non-hydrogen) atoms. The van der Waals surface area contributed by atoms with Gasteiger partial charge in [0.25, 0.3) is 5.91 Å². The number of hydrogen-bond donors (Lipinski definition) is 3. The van der Waals surface area contributed by atoms with E-state index in [0.29, 0.717) is 29.8 Å². The van der Waals surface area contributed by atoms with Crippen LogP contribution < -0.4 is 16.0 Å². The van der Waals surface area contributed by atoms with Crippen LogP contribution in [0.25, 0.3) is 0 Å². The molecule has 3 N–H and O–H groups in total. The van der Waals surface area contributed by atoms with E-state index in [4.69, 9.17) is 4.74 Å². The second kappa shape index (κ2) is 8.93. The minimum absolute atomic E-state index is 0.177. The third-order valence-electron chi connectivity index (χ3n) is 5.83. The summed E-state index contributed by atoms with van der Waals surface area (Å²) in [4.78, 5) is 50.3. The quantitative estimate of drug-likeness (QED) is 0.585. The molecule has 3 aliphatic rings. The molecule has 0 spiro atoms. The molecular formula is C21H26N4O5. The number of imide groups is 1. The largest absolute Gasteiger partial charge is 0.378 e. The van der Waals surface area contributed by atoms with Crippen molar-refractivity contribution in [3.63, 3.8) is 0 Å². The highest BCUT2D eigenvalue weighted by atomic mass is 16.5. The van der Waals surface area contributed by atoms with E-state index in [0.717, 1.165) is 25.9 Å². The molecule has 1 aromatic rings. The number of nitrogens with zero attached hydrogens (tertiary/aromatic N) is 1. The van der Waals surface area contributed by atoms with Crippen molar-refractivity contribution in [2.24, 2.45) is 0 Å². The monoisotopic (exact) mass is 414 g/mol. The van der Waals surface area contributed by atoms with Crippen LogP contribution in [0.1, 0.15) is 48.0 Å². The van der Waals surface area contributed by atoms with Gasteiger partial charge in [-0.2, -0.15) is 0 Å². The molecule has 0 radical (unpaired) electrons. The third-order valence-corrected chi connectivity index (χ3v) is 5.83. The minimum atomic E-state index is -0.676. The van der Waals surface area contributed by atoms with Crippen molar-refractivity contribution in [3.8, 4) is 0 Å². The van der Waals surface area contributed by atoms with Crippen molar-refractivity contribution < 1.29 is 23.9 Å². The van der Waals surface area contributed by atoms with Gasteiger partial charge in [-0.3, -0.25) is 24.5 Å². The maximum absolute atomic E-state index is 12.8. The number of hydrogen-bond acceptors (Lipinski definition) is 6. The maximum Gasteiger partial charge on any atom is 0.255 e. The zero-order valence-corrected chi connectivity index (χ0v) is 16.7. The number of carbonyl (C=O) groups excluding carboxylic acids is 4. The van der Waals surface area contributed by atoms with Gasteiger partial charge in [0.05, 0.1) is 19.1 Å². The van der Waals surface area contributed by atoms with Gasteiger partial charge in [0.2, 0.25) is 17.7 Å². The fourth-order valence-electron chi connectivity index (χ4n) is 4.20. The van der Waals surface area contributed by atoms with Crippen LogP contribution in [0.4, 0.5) is 5.69 Å². The van der Waals surface area contributed by atoms with Gasteiger partial charge < -0.3 is 20.3 Å². The van der Waals surface area contributed by atoms with Crippen molar-refractivity contribution in [2.45, 2.75) is 50.8 Å². The Morgan fingerprint density at radius 2 is 1.97 bits per heavy atom. The summed E-state index contributed by atoms with van der Waals surface area (Å²) in [7, 11) is 0. The lowest BCUT2D eigenvalue weighted by molar-refractivity contribution is -0.137. The summed E-state index contributed by atoms with van der Waals surface area (Å²) < 4.78 is 5.78. The summed E-state index contributed by atoms with van der Waals surface area (Å²) in [5.41, 5.74) is 1.74. The zero-order valence-electron chi connectivity index (χ0n) is 16.7. The number of rotatable bonds is 6. The fourth-order valence-corrected chi connectivity index (χ4v) is 4.20. The van der Waals surface area contributed by atoms with Gasteiger partial charge in [-0.15, -0.1) is 0 Å². The Labute approximate surface area is 174 Å². The van der Waals surface area contributed by atoms with Crippen LogP contribution in [-0.4, -0.2) is 60.4 Å². The maximum atomic E-state index is 12.8. The highest BCUT2D eigenvalue weighted by Crippen LogP contribution is 2.32. The SMILES string of the molecule is O=C1CCC(N2Cc3c(NC(=O)CCOC4CCNCC4)cccc3C2=O)C(=O)N1. The summed E-state index contributed by atoms with van der Waals surface area (Å²) in [5.74, 6) is -1.21. The number of benzene rings is 1. The van der Waals surface area contributed by atoms with E-state index in [9.17, 15) is 19.2 Å². The molecule has 0 saturated carbocycles. The molecule has 0 aliphatic carbocycles. The Bertz CT molecular complexity index is 865. The molecule has 1 aromatic carbocycles. The van der Waals surface area contributed by atoms with E-state index in [1.165, 1.54) is 4.90 Å². The van der Waals surface area contributed by atoms with Crippen LogP contribution in [0.15, 0.2) is 18.2 Å². The molecule has 2 saturated heterocycles. The van der Waals surface area contributed by atoms with Crippen LogP contribution in [0.2, 0.25) is 0 Å². The number of carbonyl (C=O) groups is 4. The third kappa shape index (κ3) is 4.36. The molecule has 1 atom stereocenters. The van der Waals surface area contributed by atoms with E-state index in [2.05, 4.69) is 16.0 Å². The first-order chi connectivity index (χ1) is 14.5. The van der Waals surface area contributed by atoms with Crippen molar-refractivity contribution >= 4 is 29.3 Å². The average molecular weight is 414 g/mol. The highest BCUT2D eigenvalue weighted by molar-refractivity contribution is 6.06. The van der Waals surface area contributed by atoms with Gasteiger partial charge in [0.15, 0.2) is 0 Å². The predicted octanol–water partition coefficient (Wildman–Crippen LogP) is 0.545. The van der Waals surface area contributed by atoms with Gasteiger partial charge in [-0.05, 0) is 44.5 Å².